The molecule has 0 bridgehead atoms. The van der Waals surface area contributed by atoms with Gasteiger partial charge in [-0.15, -0.1) is 0 Å². The first-order valence-corrected chi connectivity index (χ1v) is 4.89. The van der Waals surface area contributed by atoms with Crippen molar-refractivity contribution in [1.29, 1.82) is 0 Å². The van der Waals surface area contributed by atoms with Crippen LogP contribution in [0.5, 0.6) is 0 Å². The molecule has 0 aliphatic heterocycles. The second-order valence-electron chi connectivity index (χ2n) is 3.80. The van der Waals surface area contributed by atoms with Gasteiger partial charge in [-0.05, 0) is 25.7 Å². The van der Waals surface area contributed by atoms with E-state index in [1.807, 2.05) is 18.3 Å². The smallest absolute Gasteiger partial charge is 0.0885 e. The summed E-state index contributed by atoms with van der Waals surface area (Å²) in [4.78, 5) is 6.00. The van der Waals surface area contributed by atoms with Crippen LogP contribution in [0.25, 0.3) is 0 Å². The van der Waals surface area contributed by atoms with Gasteiger partial charge >= 0.3 is 0 Å². The van der Waals surface area contributed by atoms with Gasteiger partial charge in [-0.1, -0.05) is 19.9 Å². The van der Waals surface area contributed by atoms with Gasteiger partial charge in [0.2, 0.25) is 0 Å². The van der Waals surface area contributed by atoms with Crippen molar-refractivity contribution in [2.24, 2.45) is 10.9 Å². The van der Waals surface area contributed by atoms with E-state index in [0.29, 0.717) is 0 Å². The highest BCUT2D eigenvalue weighted by Crippen LogP contribution is 2.07. The largest absolute Gasteiger partial charge is 0.340 e. The van der Waals surface area contributed by atoms with Gasteiger partial charge in [0.05, 0.1) is 6.34 Å². The molecule has 0 aromatic heterocycles. The Kier molecular flexibility index (Phi) is 6.29. The summed E-state index contributed by atoms with van der Waals surface area (Å²) in [6.07, 6.45) is 6.52. The SMILES string of the molecule is CN=CN(C)/C(C)=C/CCC(C)C. The van der Waals surface area contributed by atoms with E-state index in [0.717, 1.165) is 12.3 Å². The molecule has 0 aliphatic rings. The van der Waals surface area contributed by atoms with Crippen LogP contribution in [0.15, 0.2) is 16.8 Å². The lowest BCUT2D eigenvalue weighted by atomic mass is 10.1. The van der Waals surface area contributed by atoms with Crippen LogP contribution in [-0.4, -0.2) is 25.3 Å². The van der Waals surface area contributed by atoms with E-state index in [4.69, 9.17) is 0 Å². The van der Waals surface area contributed by atoms with Crippen LogP contribution < -0.4 is 0 Å². The van der Waals surface area contributed by atoms with Crippen LogP contribution in [0, 0.1) is 5.92 Å². The minimum absolute atomic E-state index is 0.786. The summed E-state index contributed by atoms with van der Waals surface area (Å²) in [6.45, 7) is 6.61. The molecule has 0 aromatic rings. The Bertz CT molecular complexity index is 181. The molecule has 0 amide bonds. The third kappa shape index (κ3) is 6.38. The van der Waals surface area contributed by atoms with Gasteiger partial charge in [0.1, 0.15) is 0 Å². The Morgan fingerprint density at radius 1 is 1.46 bits per heavy atom. The molecule has 0 rings (SSSR count). The van der Waals surface area contributed by atoms with Crippen LogP contribution in [0.1, 0.15) is 33.6 Å². The molecule has 13 heavy (non-hydrogen) atoms. The number of allylic oxidation sites excluding steroid dienone is 2. The van der Waals surface area contributed by atoms with Crippen LogP contribution in [0.3, 0.4) is 0 Å². The minimum atomic E-state index is 0.786. The zero-order valence-corrected chi connectivity index (χ0v) is 9.54. The molecule has 0 aromatic carbocycles. The monoisotopic (exact) mass is 182 g/mol. The molecule has 0 saturated carbocycles. The highest BCUT2D eigenvalue weighted by molar-refractivity contribution is 5.56. The molecule has 2 heteroatoms. The highest BCUT2D eigenvalue weighted by atomic mass is 15.1. The predicted octanol–water partition coefficient (Wildman–Crippen LogP) is 2.92. The molecule has 0 radical (unpaired) electrons. The van der Waals surface area contributed by atoms with Gasteiger partial charge in [0, 0.05) is 19.8 Å². The lowest BCUT2D eigenvalue weighted by molar-refractivity contribution is 0.582. The third-order valence-corrected chi connectivity index (χ3v) is 2.03. The Labute approximate surface area is 82.4 Å². The van der Waals surface area contributed by atoms with Crippen molar-refractivity contribution in [3.63, 3.8) is 0 Å². The zero-order valence-electron chi connectivity index (χ0n) is 9.54. The first kappa shape index (κ1) is 12.2. The van der Waals surface area contributed by atoms with E-state index < -0.39 is 0 Å². The average Bonchev–Trinajstić information content (AvgIpc) is 2.04. The topological polar surface area (TPSA) is 15.6 Å². The van der Waals surface area contributed by atoms with Gasteiger partial charge in [0.15, 0.2) is 0 Å². The molecule has 0 spiro atoms. The number of hydrogen-bond acceptors (Lipinski definition) is 1. The van der Waals surface area contributed by atoms with Crippen molar-refractivity contribution < 1.29 is 0 Å². The fourth-order valence-electron chi connectivity index (χ4n) is 1.03. The van der Waals surface area contributed by atoms with E-state index in [1.54, 1.807) is 7.05 Å². The molecule has 0 heterocycles. The summed E-state index contributed by atoms with van der Waals surface area (Å²) in [6, 6.07) is 0. The van der Waals surface area contributed by atoms with Gasteiger partial charge < -0.3 is 4.90 Å². The fourth-order valence-corrected chi connectivity index (χ4v) is 1.03. The lowest BCUT2D eigenvalue weighted by Crippen LogP contribution is -2.13. The summed E-state index contributed by atoms with van der Waals surface area (Å²) in [5, 5.41) is 0. The minimum Gasteiger partial charge on any atom is -0.340 e. The Morgan fingerprint density at radius 3 is 2.54 bits per heavy atom. The van der Waals surface area contributed by atoms with Crippen molar-refractivity contribution >= 4 is 6.34 Å². The number of nitrogens with zero attached hydrogens (tertiary/aromatic N) is 2. The van der Waals surface area contributed by atoms with E-state index in [9.17, 15) is 0 Å². The molecular weight excluding hydrogens is 160 g/mol. The maximum absolute atomic E-state index is 3.96. The van der Waals surface area contributed by atoms with Crippen molar-refractivity contribution in [2.75, 3.05) is 14.1 Å². The second kappa shape index (κ2) is 6.70. The summed E-state index contributed by atoms with van der Waals surface area (Å²) in [7, 11) is 3.81. The summed E-state index contributed by atoms with van der Waals surface area (Å²) >= 11 is 0. The molecular formula is C11H22N2. The molecule has 0 saturated heterocycles. The van der Waals surface area contributed by atoms with Crippen molar-refractivity contribution in [1.82, 2.24) is 4.90 Å². The Balaban J connectivity index is 3.87. The summed E-state index contributed by atoms with van der Waals surface area (Å²) in [5.41, 5.74) is 1.27. The lowest BCUT2D eigenvalue weighted by Gasteiger charge is -2.13. The van der Waals surface area contributed by atoms with Crippen molar-refractivity contribution in [3.8, 4) is 0 Å². The summed E-state index contributed by atoms with van der Waals surface area (Å²) < 4.78 is 0. The highest BCUT2D eigenvalue weighted by Gasteiger charge is 1.95. The van der Waals surface area contributed by atoms with Crippen LogP contribution in [0.2, 0.25) is 0 Å². The van der Waals surface area contributed by atoms with E-state index in [-0.39, 0.29) is 0 Å². The van der Waals surface area contributed by atoms with Gasteiger partial charge in [0.25, 0.3) is 0 Å². The zero-order chi connectivity index (χ0) is 10.3. The fraction of sp³-hybridized carbons (Fsp3) is 0.727. The summed E-state index contributed by atoms with van der Waals surface area (Å²) in [5.74, 6) is 0.786. The molecule has 0 unspecified atom stereocenters. The third-order valence-electron chi connectivity index (χ3n) is 2.03. The molecule has 0 fully saturated rings. The van der Waals surface area contributed by atoms with Crippen LogP contribution in [0.4, 0.5) is 0 Å². The number of rotatable bonds is 5. The average molecular weight is 182 g/mol. The molecule has 0 N–H and O–H groups in total. The van der Waals surface area contributed by atoms with E-state index >= 15 is 0 Å². The molecule has 76 valence electrons. The normalized spacial score (nSPS) is 12.9. The number of hydrogen-bond donors (Lipinski definition) is 0. The van der Waals surface area contributed by atoms with E-state index in [1.165, 1.54) is 12.1 Å². The molecule has 2 nitrogen and oxygen atoms in total. The van der Waals surface area contributed by atoms with Crippen LogP contribution >= 0.6 is 0 Å². The van der Waals surface area contributed by atoms with Gasteiger partial charge in [-0.3, -0.25) is 4.99 Å². The Morgan fingerprint density at radius 2 is 2.08 bits per heavy atom. The first-order chi connectivity index (χ1) is 6.07. The van der Waals surface area contributed by atoms with Crippen LogP contribution in [-0.2, 0) is 0 Å². The quantitative estimate of drug-likeness (QED) is 0.471. The first-order valence-electron chi connectivity index (χ1n) is 4.89. The van der Waals surface area contributed by atoms with Gasteiger partial charge in [-0.25, -0.2) is 0 Å². The number of aliphatic imine (C=N–C) groups is 1. The van der Waals surface area contributed by atoms with Crippen molar-refractivity contribution in [3.05, 3.63) is 11.8 Å². The predicted molar refractivity (Wildman–Crippen MR) is 60.0 cm³/mol. The van der Waals surface area contributed by atoms with E-state index in [2.05, 4.69) is 31.8 Å². The maximum atomic E-state index is 3.96. The standard InChI is InChI=1S/C11H22N2/c1-10(2)7-6-8-11(3)13(5)9-12-4/h8-10H,6-7H2,1-5H3/b11-8+,12-9?. The molecule has 0 atom stereocenters. The molecule has 0 aliphatic carbocycles. The van der Waals surface area contributed by atoms with Crippen molar-refractivity contribution in [2.45, 2.75) is 33.6 Å². The Hall–Kier alpha value is -0.790. The maximum Gasteiger partial charge on any atom is 0.0885 e. The van der Waals surface area contributed by atoms with Gasteiger partial charge in [-0.2, -0.15) is 0 Å². The second-order valence-corrected chi connectivity index (χ2v) is 3.80.